The van der Waals surface area contributed by atoms with Crippen LogP contribution in [-0.4, -0.2) is 48.1 Å². The molecule has 2 heterocycles. The van der Waals surface area contributed by atoms with Crippen molar-refractivity contribution in [1.82, 2.24) is 14.5 Å². The molecular weight excluding hydrogens is 438 g/mol. The first-order chi connectivity index (χ1) is 15.7. The number of sulfonamides is 1. The molecule has 2 aromatic carbocycles. The Balaban J connectivity index is 1.49. The fourth-order valence-corrected chi connectivity index (χ4v) is 6.47. The van der Waals surface area contributed by atoms with E-state index in [0.717, 1.165) is 23.0 Å². The van der Waals surface area contributed by atoms with Gasteiger partial charge in [-0.05, 0) is 69.5 Å². The summed E-state index contributed by atoms with van der Waals surface area (Å²) in [7, 11) is -3.95. The second-order valence-corrected chi connectivity index (χ2v) is 11.0. The number of carbonyl (C=O) groups excluding carboxylic acids is 2. The van der Waals surface area contributed by atoms with E-state index in [-0.39, 0.29) is 21.9 Å². The molecule has 1 fully saturated rings. The summed E-state index contributed by atoms with van der Waals surface area (Å²) in [6.45, 7) is 7.83. The Morgan fingerprint density at radius 3 is 2.55 bits per heavy atom. The van der Waals surface area contributed by atoms with Crippen molar-refractivity contribution in [1.29, 1.82) is 0 Å². The molecule has 7 nitrogen and oxygen atoms in total. The second kappa shape index (κ2) is 9.27. The lowest BCUT2D eigenvalue weighted by Gasteiger charge is -2.33. The predicted octanol–water partition coefficient (Wildman–Crippen LogP) is 3.54. The number of fused-ring (bicyclic) bond motifs is 1. The third-order valence-electron chi connectivity index (χ3n) is 6.55. The van der Waals surface area contributed by atoms with Crippen molar-refractivity contribution in [2.45, 2.75) is 70.1 Å². The molecule has 0 saturated carbocycles. The van der Waals surface area contributed by atoms with Crippen LogP contribution in [0.25, 0.3) is 0 Å². The zero-order valence-electron chi connectivity index (χ0n) is 19.4. The SMILES string of the molecule is CC1CCCCN1Cc1ccccc1CNC(=O)c1ccc2c(c1)S(=O)(=O)N(C(C)C)C2=O. The van der Waals surface area contributed by atoms with E-state index in [9.17, 15) is 18.0 Å². The maximum atomic E-state index is 12.9. The summed E-state index contributed by atoms with van der Waals surface area (Å²) in [5, 5.41) is 2.92. The van der Waals surface area contributed by atoms with Gasteiger partial charge in [-0.2, -0.15) is 0 Å². The van der Waals surface area contributed by atoms with E-state index in [1.54, 1.807) is 13.8 Å². The lowest BCUT2D eigenvalue weighted by atomic mass is 10.0. The van der Waals surface area contributed by atoms with Crippen LogP contribution in [0.1, 0.15) is 71.9 Å². The summed E-state index contributed by atoms with van der Waals surface area (Å²) >= 11 is 0. The van der Waals surface area contributed by atoms with Crippen LogP contribution in [0, 0.1) is 0 Å². The number of likely N-dealkylation sites (tertiary alicyclic amines) is 1. The van der Waals surface area contributed by atoms with E-state index in [1.165, 1.54) is 43.0 Å². The normalized spacial score (nSPS) is 20.2. The largest absolute Gasteiger partial charge is 0.348 e. The standard InChI is InChI=1S/C25H31N3O4S/c1-17(2)28-25(30)22-12-11-19(14-23(22)33(28,31)32)24(29)26-15-20-9-4-5-10-21(20)16-27-13-7-6-8-18(27)3/h4-5,9-12,14,17-18H,6-8,13,15-16H2,1-3H3,(H,26,29). The van der Waals surface area contributed by atoms with Gasteiger partial charge in [0.05, 0.1) is 5.56 Å². The van der Waals surface area contributed by atoms with Gasteiger partial charge in [0.2, 0.25) is 0 Å². The zero-order chi connectivity index (χ0) is 23.8. The lowest BCUT2D eigenvalue weighted by molar-refractivity contribution is 0.0845. The fourth-order valence-electron chi connectivity index (χ4n) is 4.67. The third-order valence-corrected chi connectivity index (χ3v) is 8.55. The smallest absolute Gasteiger partial charge is 0.269 e. The minimum absolute atomic E-state index is 0.103. The van der Waals surface area contributed by atoms with Gasteiger partial charge in [0.15, 0.2) is 0 Å². The molecule has 2 aliphatic rings. The summed E-state index contributed by atoms with van der Waals surface area (Å²) in [5.74, 6) is -0.919. The Bertz CT molecular complexity index is 1180. The van der Waals surface area contributed by atoms with Crippen LogP contribution in [0.2, 0.25) is 0 Å². The third kappa shape index (κ3) is 4.54. The van der Waals surface area contributed by atoms with E-state index in [0.29, 0.717) is 12.6 Å². The summed E-state index contributed by atoms with van der Waals surface area (Å²) in [6.07, 6.45) is 3.69. The van der Waals surface area contributed by atoms with Crippen LogP contribution in [0.5, 0.6) is 0 Å². The molecule has 2 amide bonds. The number of carbonyl (C=O) groups is 2. The first-order valence-electron chi connectivity index (χ1n) is 11.5. The highest BCUT2D eigenvalue weighted by atomic mass is 32.2. The van der Waals surface area contributed by atoms with Gasteiger partial charge in [0.25, 0.3) is 21.8 Å². The van der Waals surface area contributed by atoms with Gasteiger partial charge >= 0.3 is 0 Å². The van der Waals surface area contributed by atoms with Gasteiger partial charge in [0.1, 0.15) is 4.90 Å². The van der Waals surface area contributed by atoms with E-state index in [1.807, 2.05) is 18.2 Å². The number of nitrogens with zero attached hydrogens (tertiary/aromatic N) is 2. The van der Waals surface area contributed by atoms with Crippen molar-refractivity contribution in [2.75, 3.05) is 6.54 Å². The number of rotatable bonds is 6. The van der Waals surface area contributed by atoms with Crippen LogP contribution >= 0.6 is 0 Å². The van der Waals surface area contributed by atoms with Crippen molar-refractivity contribution < 1.29 is 18.0 Å². The number of hydrogen-bond acceptors (Lipinski definition) is 5. The van der Waals surface area contributed by atoms with Crippen LogP contribution in [-0.2, 0) is 23.1 Å². The number of piperidine rings is 1. The van der Waals surface area contributed by atoms with Gasteiger partial charge in [-0.3, -0.25) is 14.5 Å². The van der Waals surface area contributed by atoms with Crippen molar-refractivity contribution in [3.63, 3.8) is 0 Å². The minimum atomic E-state index is -3.95. The van der Waals surface area contributed by atoms with Gasteiger partial charge in [-0.25, -0.2) is 12.7 Å². The van der Waals surface area contributed by atoms with Gasteiger partial charge in [-0.1, -0.05) is 30.7 Å². The molecular formula is C25H31N3O4S. The molecule has 176 valence electrons. The molecule has 1 saturated heterocycles. The average molecular weight is 470 g/mol. The lowest BCUT2D eigenvalue weighted by Crippen LogP contribution is -2.37. The highest BCUT2D eigenvalue weighted by molar-refractivity contribution is 7.90. The summed E-state index contributed by atoms with van der Waals surface area (Å²) in [6, 6.07) is 12.4. The monoisotopic (exact) mass is 469 g/mol. The number of hydrogen-bond donors (Lipinski definition) is 1. The summed E-state index contributed by atoms with van der Waals surface area (Å²) < 4.78 is 26.5. The Kier molecular flexibility index (Phi) is 6.59. The van der Waals surface area contributed by atoms with Crippen LogP contribution in [0.3, 0.4) is 0 Å². The van der Waals surface area contributed by atoms with E-state index in [2.05, 4.69) is 23.2 Å². The van der Waals surface area contributed by atoms with E-state index >= 15 is 0 Å². The van der Waals surface area contributed by atoms with Crippen molar-refractivity contribution in [3.05, 3.63) is 64.7 Å². The Morgan fingerprint density at radius 1 is 1.12 bits per heavy atom. The molecule has 0 spiro atoms. The Labute approximate surface area is 195 Å². The van der Waals surface area contributed by atoms with Crippen LogP contribution in [0.4, 0.5) is 0 Å². The van der Waals surface area contributed by atoms with Gasteiger partial charge in [-0.15, -0.1) is 0 Å². The van der Waals surface area contributed by atoms with E-state index < -0.39 is 22.0 Å². The number of amides is 2. The summed E-state index contributed by atoms with van der Waals surface area (Å²) in [4.78, 5) is 27.8. The Morgan fingerprint density at radius 2 is 1.85 bits per heavy atom. The number of nitrogens with one attached hydrogen (secondary N) is 1. The molecule has 2 aromatic rings. The first-order valence-corrected chi connectivity index (χ1v) is 13.0. The number of benzene rings is 2. The first kappa shape index (κ1) is 23.4. The van der Waals surface area contributed by atoms with Crippen LogP contribution < -0.4 is 5.32 Å². The molecule has 1 N–H and O–H groups in total. The van der Waals surface area contributed by atoms with E-state index in [4.69, 9.17) is 0 Å². The minimum Gasteiger partial charge on any atom is -0.348 e. The quantitative estimate of drug-likeness (QED) is 0.699. The maximum Gasteiger partial charge on any atom is 0.269 e. The highest BCUT2D eigenvalue weighted by Crippen LogP contribution is 2.32. The fraction of sp³-hybridized carbons (Fsp3) is 0.440. The zero-order valence-corrected chi connectivity index (χ0v) is 20.2. The maximum absolute atomic E-state index is 12.9. The molecule has 0 radical (unpaired) electrons. The van der Waals surface area contributed by atoms with Crippen molar-refractivity contribution >= 4 is 21.8 Å². The van der Waals surface area contributed by atoms with Gasteiger partial charge < -0.3 is 5.32 Å². The molecule has 4 rings (SSSR count). The van der Waals surface area contributed by atoms with Gasteiger partial charge in [0, 0.05) is 30.7 Å². The molecule has 0 aromatic heterocycles. The second-order valence-electron chi connectivity index (χ2n) is 9.18. The molecule has 33 heavy (non-hydrogen) atoms. The average Bonchev–Trinajstić information content (AvgIpc) is 2.99. The molecule has 2 aliphatic heterocycles. The van der Waals surface area contributed by atoms with Crippen LogP contribution in [0.15, 0.2) is 47.4 Å². The molecule has 0 aliphatic carbocycles. The predicted molar refractivity (Wildman–Crippen MR) is 126 cm³/mol. The topological polar surface area (TPSA) is 86.8 Å². The van der Waals surface area contributed by atoms with Crippen molar-refractivity contribution in [2.24, 2.45) is 0 Å². The molecule has 0 bridgehead atoms. The molecule has 1 atom stereocenters. The summed E-state index contributed by atoms with van der Waals surface area (Å²) in [5.41, 5.74) is 2.55. The highest BCUT2D eigenvalue weighted by Gasteiger charge is 2.42. The molecule has 1 unspecified atom stereocenters. The Hall–Kier alpha value is -2.71. The van der Waals surface area contributed by atoms with Crippen molar-refractivity contribution in [3.8, 4) is 0 Å². The molecule has 8 heteroatoms.